The summed E-state index contributed by atoms with van der Waals surface area (Å²) in [6.07, 6.45) is 8.05. The number of nitro groups is 1. The van der Waals surface area contributed by atoms with Gasteiger partial charge in [-0.2, -0.15) is 0 Å². The van der Waals surface area contributed by atoms with E-state index >= 15 is 0 Å². The van der Waals surface area contributed by atoms with Crippen molar-refractivity contribution in [3.63, 3.8) is 0 Å². The second kappa shape index (κ2) is 17.4. The Morgan fingerprint density at radius 1 is 1.06 bits per heavy atom. The molecule has 3 fully saturated rings. The van der Waals surface area contributed by atoms with Crippen LogP contribution >= 0.6 is 11.6 Å². The Kier molecular flexibility index (Phi) is 11.6. The molecule has 340 valence electrons. The number of rotatable bonds is 12. The van der Waals surface area contributed by atoms with Crippen molar-refractivity contribution in [2.45, 2.75) is 63.0 Å². The first kappa shape index (κ1) is 43.4. The highest BCUT2D eigenvalue weighted by atomic mass is 35.5. The Morgan fingerprint density at radius 2 is 1.88 bits per heavy atom. The summed E-state index contributed by atoms with van der Waals surface area (Å²) >= 11 is 6.25. The zero-order valence-corrected chi connectivity index (χ0v) is 38.0. The lowest BCUT2D eigenvalue weighted by molar-refractivity contribution is -0.386. The van der Waals surface area contributed by atoms with E-state index in [2.05, 4.69) is 55.4 Å². The molecule has 1 aliphatic carbocycles. The monoisotopic (exact) mass is 921 g/mol. The number of nitro benzene ring substituents is 1. The fraction of sp³-hybridized carbons (Fsp3) is 0.417. The number of H-pyrrole nitrogens is 1. The topological polar surface area (TPSA) is 172 Å². The molecule has 0 spiro atoms. The molecule has 65 heavy (non-hydrogen) atoms. The number of piperazine rings is 1. The molecule has 17 heteroatoms. The number of aromatic nitrogens is 2. The molecule has 3 atom stereocenters. The first-order valence-corrected chi connectivity index (χ1v) is 24.2. The smallest absolute Gasteiger partial charge is 0.277 e. The number of aromatic amines is 1. The summed E-state index contributed by atoms with van der Waals surface area (Å²) in [5.74, 6) is -0.375. The van der Waals surface area contributed by atoms with Crippen molar-refractivity contribution in [2.24, 2.45) is 11.3 Å². The third-order valence-corrected chi connectivity index (χ3v) is 15.3. The molecule has 0 unspecified atom stereocenters. The fourth-order valence-corrected chi connectivity index (χ4v) is 11.3. The highest BCUT2D eigenvalue weighted by Gasteiger charge is 2.41. The van der Waals surface area contributed by atoms with E-state index < -0.39 is 25.7 Å². The second-order valence-electron chi connectivity index (χ2n) is 18.9. The summed E-state index contributed by atoms with van der Waals surface area (Å²) in [6, 6.07) is 19.5. The maximum Gasteiger partial charge on any atom is 0.277 e. The number of morpholine rings is 1. The van der Waals surface area contributed by atoms with Gasteiger partial charge in [-0.15, -0.1) is 0 Å². The number of pyridine rings is 1. The Hall–Kier alpha value is -5.52. The number of halogens is 1. The molecule has 15 nitrogen and oxygen atoms in total. The number of hydrogen-bond donors (Lipinski definition) is 2. The van der Waals surface area contributed by atoms with Crippen molar-refractivity contribution >= 4 is 55.5 Å². The van der Waals surface area contributed by atoms with Gasteiger partial charge in [-0.1, -0.05) is 43.2 Å². The standard InChI is InChI=1S/C48H52ClN7O8S/c1-48(2)11-9-33(42(23-48)31-3-5-34(49)6-4-31)26-53-13-15-54(16-14-53)35-7-8-40(45(20-35)64-37-18-32-10-12-50-46(32)51-24-37)47(57)52-65(60,61)39-21-43(56(58)59)41-17-30(28-63-44(41)22-39)25-55-27-38-19-36(55)29-62-38/h3-8,10,12,18,20-22,24,30,36,38H,9,11,13-17,19,23,25-29H2,1-2H3,(H,50,51)(H,52,57)/t30-,36-,38-/m0/s1. The highest BCUT2D eigenvalue weighted by Crippen LogP contribution is 2.44. The number of carbonyl (C=O) groups is 1. The summed E-state index contributed by atoms with van der Waals surface area (Å²) in [5.41, 5.74) is 5.73. The fourth-order valence-electron chi connectivity index (χ4n) is 10.2. The average molecular weight is 923 g/mol. The average Bonchev–Trinajstić information content (AvgIpc) is 4.05. The molecule has 4 aliphatic heterocycles. The third kappa shape index (κ3) is 9.19. The first-order valence-electron chi connectivity index (χ1n) is 22.3. The summed E-state index contributed by atoms with van der Waals surface area (Å²) in [7, 11) is -4.63. The van der Waals surface area contributed by atoms with Crippen LogP contribution in [0, 0.1) is 21.4 Å². The SMILES string of the molecule is CC1(C)CCC(CN2CCN(c3ccc(C(=O)NS(=O)(=O)c4cc5c(c([N+](=O)[O-])c4)C[C@@H](CN4C[C@@H]6C[C@H]4CO6)CO5)c(Oc4cnc5[nH]ccc5c4)c3)CC2)=C(c2ccc(Cl)cc2)C1. The van der Waals surface area contributed by atoms with E-state index in [0.29, 0.717) is 42.6 Å². The predicted octanol–water partition coefficient (Wildman–Crippen LogP) is 7.85. The Morgan fingerprint density at radius 3 is 2.63 bits per heavy atom. The number of likely N-dealkylation sites (tertiary alicyclic amines) is 1. The van der Waals surface area contributed by atoms with Crippen LogP contribution in [0.25, 0.3) is 16.6 Å². The zero-order valence-electron chi connectivity index (χ0n) is 36.4. The van der Waals surface area contributed by atoms with Gasteiger partial charge in [0.2, 0.25) is 0 Å². The molecule has 2 bridgehead atoms. The van der Waals surface area contributed by atoms with Crippen LogP contribution in [-0.4, -0.2) is 110 Å². The van der Waals surface area contributed by atoms with Crippen LogP contribution in [0.4, 0.5) is 11.4 Å². The predicted molar refractivity (Wildman–Crippen MR) is 247 cm³/mol. The van der Waals surface area contributed by atoms with E-state index in [1.807, 2.05) is 18.2 Å². The van der Waals surface area contributed by atoms with Gasteiger partial charge in [0.25, 0.3) is 21.6 Å². The van der Waals surface area contributed by atoms with Crippen molar-refractivity contribution in [2.75, 3.05) is 63.9 Å². The molecular weight excluding hydrogens is 870 g/mol. The van der Waals surface area contributed by atoms with E-state index in [1.54, 1.807) is 30.5 Å². The highest BCUT2D eigenvalue weighted by molar-refractivity contribution is 7.90. The molecule has 6 heterocycles. The van der Waals surface area contributed by atoms with Crippen molar-refractivity contribution in [1.29, 1.82) is 0 Å². The van der Waals surface area contributed by atoms with E-state index in [-0.39, 0.29) is 46.8 Å². The van der Waals surface area contributed by atoms with Gasteiger partial charge in [0, 0.05) is 98.3 Å². The lowest BCUT2D eigenvalue weighted by atomic mass is 9.72. The Labute approximate surface area is 382 Å². The van der Waals surface area contributed by atoms with Gasteiger partial charge in [0.15, 0.2) is 0 Å². The van der Waals surface area contributed by atoms with Crippen molar-refractivity contribution in [3.8, 4) is 17.2 Å². The van der Waals surface area contributed by atoms with Crippen molar-refractivity contribution in [1.82, 2.24) is 24.5 Å². The molecule has 10 rings (SSSR count). The number of allylic oxidation sites excluding steroid dienone is 1. The van der Waals surface area contributed by atoms with Crippen LogP contribution in [0.5, 0.6) is 17.2 Å². The van der Waals surface area contributed by atoms with E-state index in [1.165, 1.54) is 29.0 Å². The van der Waals surface area contributed by atoms with Crippen LogP contribution < -0.4 is 19.1 Å². The van der Waals surface area contributed by atoms with Gasteiger partial charge in [-0.05, 0) is 85.1 Å². The molecule has 3 aromatic carbocycles. The van der Waals surface area contributed by atoms with Crippen molar-refractivity contribution in [3.05, 3.63) is 117 Å². The maximum absolute atomic E-state index is 14.1. The summed E-state index contributed by atoms with van der Waals surface area (Å²) in [5, 5.41) is 13.9. The number of nitrogens with zero attached hydrogens (tertiary/aromatic N) is 5. The number of sulfonamides is 1. The van der Waals surface area contributed by atoms with Gasteiger partial charge in [-0.3, -0.25) is 24.7 Å². The van der Waals surface area contributed by atoms with E-state index in [0.717, 1.165) is 87.1 Å². The third-order valence-electron chi connectivity index (χ3n) is 13.7. The Bertz CT molecular complexity index is 2810. The number of nitrogens with one attached hydrogen (secondary N) is 2. The second-order valence-corrected chi connectivity index (χ2v) is 21.0. The molecular formula is C48H52ClN7O8S. The van der Waals surface area contributed by atoms with Gasteiger partial charge in [0.05, 0.1) is 46.5 Å². The number of anilines is 1. The van der Waals surface area contributed by atoms with Crippen LogP contribution in [0.3, 0.4) is 0 Å². The minimum atomic E-state index is -4.63. The summed E-state index contributed by atoms with van der Waals surface area (Å²) < 4.78 is 48.2. The van der Waals surface area contributed by atoms with Crippen LogP contribution in [0.1, 0.15) is 61.0 Å². The van der Waals surface area contributed by atoms with Crippen molar-refractivity contribution < 1.29 is 32.3 Å². The molecule has 2 N–H and O–H groups in total. The minimum absolute atomic E-state index is 0.0119. The number of fused-ring (bicyclic) bond motifs is 4. The van der Waals surface area contributed by atoms with Gasteiger partial charge >= 0.3 is 0 Å². The molecule has 5 aromatic rings. The van der Waals surface area contributed by atoms with Gasteiger partial charge < -0.3 is 24.1 Å². The van der Waals surface area contributed by atoms with E-state index in [9.17, 15) is 23.3 Å². The Balaban J connectivity index is 0.872. The number of benzene rings is 3. The molecule has 0 radical (unpaired) electrons. The maximum atomic E-state index is 14.1. The molecule has 3 saturated heterocycles. The van der Waals surface area contributed by atoms with Crippen LogP contribution in [0.15, 0.2) is 89.6 Å². The molecule has 5 aliphatic rings. The summed E-state index contributed by atoms with van der Waals surface area (Å²) in [6.45, 7) is 11.1. The quantitative estimate of drug-likeness (QED) is 0.0919. The molecule has 2 aromatic heterocycles. The number of carbonyl (C=O) groups excluding carboxylic acids is 1. The largest absolute Gasteiger partial charge is 0.493 e. The first-order chi connectivity index (χ1) is 31.2. The van der Waals surface area contributed by atoms with Crippen LogP contribution in [-0.2, 0) is 21.2 Å². The number of hydrogen-bond acceptors (Lipinski definition) is 12. The van der Waals surface area contributed by atoms with Gasteiger partial charge in [-0.25, -0.2) is 18.1 Å². The summed E-state index contributed by atoms with van der Waals surface area (Å²) in [4.78, 5) is 40.0. The zero-order chi connectivity index (χ0) is 45.0. The van der Waals surface area contributed by atoms with E-state index in [4.69, 9.17) is 25.8 Å². The minimum Gasteiger partial charge on any atom is -0.493 e. The number of amides is 1. The normalized spacial score (nSPS) is 22.2. The lowest BCUT2D eigenvalue weighted by Crippen LogP contribution is -2.47. The molecule has 0 saturated carbocycles. The van der Waals surface area contributed by atoms with Gasteiger partial charge in [0.1, 0.15) is 22.9 Å². The number of ether oxygens (including phenoxy) is 3. The lowest BCUT2D eigenvalue weighted by Gasteiger charge is -2.39. The van der Waals surface area contributed by atoms with Crippen LogP contribution in [0.2, 0.25) is 5.02 Å². The molecule has 1 amide bonds.